The number of hydrogen-bond donors (Lipinski definition) is 3. The Morgan fingerprint density at radius 2 is 2.33 bits per heavy atom. The molecule has 4 N–H and O–H groups in total. The molecule has 0 aliphatic carbocycles. The van der Waals surface area contributed by atoms with E-state index in [1.165, 1.54) is 18.2 Å². The van der Waals surface area contributed by atoms with Crippen LogP contribution in [-0.4, -0.2) is 26.2 Å². The molecule has 0 bridgehead atoms. The van der Waals surface area contributed by atoms with Gasteiger partial charge in [-0.2, -0.15) is 0 Å². The molecule has 1 rings (SSSR count). The number of nitrogens with two attached hydrogens (primary N) is 1. The minimum absolute atomic E-state index is 0.214. The molecule has 0 aliphatic rings. The van der Waals surface area contributed by atoms with Crippen molar-refractivity contribution in [3.63, 3.8) is 0 Å². The Hall–Kier alpha value is -1.37. The van der Waals surface area contributed by atoms with Crippen LogP contribution in [0.15, 0.2) is 23.2 Å². The number of nitrogens with zero attached hydrogens (tertiary/aromatic N) is 1. The van der Waals surface area contributed by atoms with Gasteiger partial charge in [-0.3, -0.25) is 10.4 Å². The Kier molecular flexibility index (Phi) is 6.42. The van der Waals surface area contributed by atoms with Gasteiger partial charge in [-0.25, -0.2) is 10.2 Å². The second-order valence-electron chi connectivity index (χ2n) is 3.47. The van der Waals surface area contributed by atoms with E-state index in [0.29, 0.717) is 18.2 Å². The minimum Gasteiger partial charge on any atom is -0.385 e. The maximum Gasteiger partial charge on any atom is 0.210 e. The molecule has 0 unspecified atom stereocenters. The molecular weight excluding hydrogens is 259 g/mol. The number of ether oxygens (including phenoxy) is 1. The molecule has 1 aromatic rings. The predicted octanol–water partition coefficient (Wildman–Crippen LogP) is 1.75. The maximum atomic E-state index is 13.4. The van der Waals surface area contributed by atoms with Crippen molar-refractivity contribution in [2.24, 2.45) is 10.8 Å². The predicted molar refractivity (Wildman–Crippen MR) is 71.2 cm³/mol. The van der Waals surface area contributed by atoms with Gasteiger partial charge in [0, 0.05) is 25.3 Å². The maximum absolute atomic E-state index is 13.4. The zero-order chi connectivity index (χ0) is 13.4. The van der Waals surface area contributed by atoms with Crippen molar-refractivity contribution in [2.75, 3.05) is 25.6 Å². The molecule has 7 heteroatoms. The first-order valence-electron chi connectivity index (χ1n) is 5.39. The summed E-state index contributed by atoms with van der Waals surface area (Å²) in [5.74, 6) is 5.13. The van der Waals surface area contributed by atoms with E-state index in [-0.39, 0.29) is 11.6 Å². The number of nitrogens with one attached hydrogen (secondary N) is 2. The summed E-state index contributed by atoms with van der Waals surface area (Å²) in [4.78, 5) is 4.13. The van der Waals surface area contributed by atoms with E-state index < -0.39 is 5.82 Å². The zero-order valence-electron chi connectivity index (χ0n) is 10.0. The van der Waals surface area contributed by atoms with Crippen LogP contribution in [0.2, 0.25) is 5.02 Å². The molecule has 0 heterocycles. The minimum atomic E-state index is -0.431. The topological polar surface area (TPSA) is 71.7 Å². The van der Waals surface area contributed by atoms with Crippen molar-refractivity contribution in [3.8, 4) is 0 Å². The van der Waals surface area contributed by atoms with Crippen molar-refractivity contribution in [3.05, 3.63) is 29.0 Å². The number of aliphatic imine (C=N–C) groups is 1. The third-order valence-electron chi connectivity index (χ3n) is 2.09. The van der Waals surface area contributed by atoms with Crippen LogP contribution >= 0.6 is 11.6 Å². The fourth-order valence-electron chi connectivity index (χ4n) is 1.24. The van der Waals surface area contributed by atoms with E-state index >= 15 is 0 Å². The van der Waals surface area contributed by atoms with Crippen molar-refractivity contribution in [1.29, 1.82) is 0 Å². The summed E-state index contributed by atoms with van der Waals surface area (Å²) in [6.07, 6.45) is 0.751. The number of methoxy groups -OCH3 is 1. The number of rotatable bonds is 5. The quantitative estimate of drug-likeness (QED) is 0.251. The molecule has 0 aromatic heterocycles. The van der Waals surface area contributed by atoms with E-state index in [4.69, 9.17) is 22.2 Å². The molecule has 1 aromatic carbocycles. The Bertz CT molecular complexity index is 414. The number of anilines is 1. The molecule has 0 amide bonds. The van der Waals surface area contributed by atoms with Crippen molar-refractivity contribution in [2.45, 2.75) is 6.42 Å². The van der Waals surface area contributed by atoms with Crippen molar-refractivity contribution in [1.82, 2.24) is 5.43 Å². The van der Waals surface area contributed by atoms with Crippen LogP contribution in [0.25, 0.3) is 0 Å². The highest BCUT2D eigenvalue weighted by Crippen LogP contribution is 2.19. The van der Waals surface area contributed by atoms with Crippen LogP contribution < -0.4 is 16.6 Å². The third-order valence-corrected chi connectivity index (χ3v) is 2.33. The number of halogens is 2. The number of guanidine groups is 1. The Morgan fingerprint density at radius 3 is 3.00 bits per heavy atom. The Morgan fingerprint density at radius 1 is 1.56 bits per heavy atom. The summed E-state index contributed by atoms with van der Waals surface area (Å²) in [7, 11) is 1.62. The highest BCUT2D eigenvalue weighted by Gasteiger charge is 2.05. The summed E-state index contributed by atoms with van der Waals surface area (Å²) in [6, 6.07) is 4.19. The second kappa shape index (κ2) is 7.86. The monoisotopic (exact) mass is 274 g/mol. The van der Waals surface area contributed by atoms with Gasteiger partial charge in [-0.05, 0) is 24.6 Å². The molecule has 5 nitrogen and oxygen atoms in total. The third kappa shape index (κ3) is 4.87. The summed E-state index contributed by atoms with van der Waals surface area (Å²) >= 11 is 5.77. The van der Waals surface area contributed by atoms with Crippen LogP contribution in [-0.2, 0) is 4.74 Å². The molecule has 18 heavy (non-hydrogen) atoms. The summed E-state index contributed by atoms with van der Waals surface area (Å²) in [6.45, 7) is 1.12. The normalized spacial score (nSPS) is 11.4. The molecule has 0 fully saturated rings. The van der Waals surface area contributed by atoms with Crippen molar-refractivity contribution < 1.29 is 9.13 Å². The number of hydrogen-bond acceptors (Lipinski definition) is 3. The van der Waals surface area contributed by atoms with E-state index in [1.807, 2.05) is 0 Å². The van der Waals surface area contributed by atoms with E-state index in [9.17, 15) is 4.39 Å². The van der Waals surface area contributed by atoms with E-state index in [2.05, 4.69) is 15.7 Å². The zero-order valence-corrected chi connectivity index (χ0v) is 10.8. The van der Waals surface area contributed by atoms with Gasteiger partial charge < -0.3 is 10.1 Å². The first-order valence-corrected chi connectivity index (χ1v) is 5.77. The van der Waals surface area contributed by atoms with Crippen molar-refractivity contribution >= 4 is 23.2 Å². The van der Waals surface area contributed by atoms with Gasteiger partial charge >= 0.3 is 0 Å². The molecule has 0 radical (unpaired) electrons. The van der Waals surface area contributed by atoms with Crippen LogP contribution in [0.5, 0.6) is 0 Å². The lowest BCUT2D eigenvalue weighted by molar-refractivity contribution is 0.197. The lowest BCUT2D eigenvalue weighted by atomic mass is 10.3. The Labute approximate surface area is 110 Å². The molecule has 100 valence electrons. The largest absolute Gasteiger partial charge is 0.385 e. The van der Waals surface area contributed by atoms with E-state index in [0.717, 1.165) is 6.42 Å². The van der Waals surface area contributed by atoms with Gasteiger partial charge in [-0.1, -0.05) is 11.6 Å². The average molecular weight is 275 g/mol. The highest BCUT2D eigenvalue weighted by molar-refractivity contribution is 6.30. The second-order valence-corrected chi connectivity index (χ2v) is 3.91. The molecule has 0 spiro atoms. The first-order chi connectivity index (χ1) is 8.67. The highest BCUT2D eigenvalue weighted by atomic mass is 35.5. The molecule has 0 saturated carbocycles. The smallest absolute Gasteiger partial charge is 0.210 e. The lowest BCUT2D eigenvalue weighted by Gasteiger charge is -2.10. The number of benzene rings is 1. The number of hydrazine groups is 1. The van der Waals surface area contributed by atoms with E-state index in [1.54, 1.807) is 7.11 Å². The van der Waals surface area contributed by atoms with Crippen LogP contribution in [0.1, 0.15) is 6.42 Å². The van der Waals surface area contributed by atoms with Gasteiger partial charge in [0.25, 0.3) is 0 Å². The summed E-state index contributed by atoms with van der Waals surface area (Å²) < 4.78 is 18.3. The van der Waals surface area contributed by atoms with Gasteiger partial charge in [-0.15, -0.1) is 0 Å². The SMILES string of the molecule is COCCCN=C(NN)Nc1cc(Cl)ccc1F. The van der Waals surface area contributed by atoms with Crippen LogP contribution in [0.3, 0.4) is 0 Å². The van der Waals surface area contributed by atoms with Crippen LogP contribution in [0.4, 0.5) is 10.1 Å². The standard InChI is InChI=1S/C11H16ClFN4O/c1-18-6-2-5-15-11(17-14)16-10-7-8(12)3-4-9(10)13/h3-4,7H,2,5-6,14H2,1H3,(H2,15,16,17). The molecule has 0 atom stereocenters. The van der Waals surface area contributed by atoms with Gasteiger partial charge in [0.15, 0.2) is 0 Å². The molecule has 0 aliphatic heterocycles. The van der Waals surface area contributed by atoms with Gasteiger partial charge in [0.05, 0.1) is 5.69 Å². The van der Waals surface area contributed by atoms with Gasteiger partial charge in [0.2, 0.25) is 5.96 Å². The average Bonchev–Trinajstić information content (AvgIpc) is 2.37. The fraction of sp³-hybridized carbons (Fsp3) is 0.364. The summed E-state index contributed by atoms with van der Waals surface area (Å²) in [5, 5.41) is 3.15. The lowest BCUT2D eigenvalue weighted by Crippen LogP contribution is -2.36. The molecular formula is C11H16ClFN4O. The van der Waals surface area contributed by atoms with Gasteiger partial charge in [0.1, 0.15) is 5.82 Å². The Balaban J connectivity index is 2.64. The fourth-order valence-corrected chi connectivity index (χ4v) is 1.41. The first kappa shape index (κ1) is 14.7. The molecule has 0 saturated heterocycles. The van der Waals surface area contributed by atoms with Crippen LogP contribution in [0, 0.1) is 5.82 Å². The summed E-state index contributed by atoms with van der Waals surface area (Å²) in [5.41, 5.74) is 2.58.